The van der Waals surface area contributed by atoms with Gasteiger partial charge in [0, 0.05) is 16.6 Å². The van der Waals surface area contributed by atoms with Gasteiger partial charge in [-0.15, -0.1) is 0 Å². The number of rotatable bonds is 4. The Bertz CT molecular complexity index is 861. The minimum Gasteiger partial charge on any atom is -0.207 e. The third-order valence-electron chi connectivity index (χ3n) is 2.84. The molecule has 2 aromatic rings. The molecule has 22 heavy (non-hydrogen) atoms. The van der Waals surface area contributed by atoms with E-state index in [4.69, 9.17) is 40.1 Å². The summed E-state index contributed by atoms with van der Waals surface area (Å²) in [5.41, 5.74) is 0.802. The van der Waals surface area contributed by atoms with Crippen molar-refractivity contribution < 1.29 is 8.42 Å². The van der Waals surface area contributed by atoms with E-state index < -0.39 is 10.0 Å². The lowest BCUT2D eigenvalue weighted by Crippen LogP contribution is -2.23. The van der Waals surface area contributed by atoms with Crippen molar-refractivity contribution in [1.82, 2.24) is 4.72 Å². The molecule has 0 aliphatic rings. The molecule has 0 atom stereocenters. The van der Waals surface area contributed by atoms with Crippen LogP contribution in [0.2, 0.25) is 15.1 Å². The van der Waals surface area contributed by atoms with Gasteiger partial charge in [-0.05, 0) is 35.9 Å². The van der Waals surface area contributed by atoms with Gasteiger partial charge in [0.2, 0.25) is 10.0 Å². The zero-order valence-electron chi connectivity index (χ0n) is 11.0. The molecule has 0 saturated heterocycles. The zero-order valence-corrected chi connectivity index (χ0v) is 14.1. The van der Waals surface area contributed by atoms with E-state index in [1.165, 1.54) is 24.3 Å². The van der Waals surface area contributed by atoms with Gasteiger partial charge in [-0.2, -0.15) is 5.26 Å². The normalized spacial score (nSPS) is 11.2. The van der Waals surface area contributed by atoms with Crippen molar-refractivity contribution in [3.8, 4) is 6.07 Å². The van der Waals surface area contributed by atoms with Gasteiger partial charge in [0.05, 0.1) is 15.5 Å². The van der Waals surface area contributed by atoms with Crippen molar-refractivity contribution in [3.63, 3.8) is 0 Å². The lowest BCUT2D eigenvalue weighted by atomic mass is 10.2. The van der Waals surface area contributed by atoms with Crippen LogP contribution in [0, 0.1) is 11.3 Å². The standard InChI is InChI=1S/C14H9Cl3N2O2S/c15-11-3-1-10(13(16)5-11)8-19-22(20,21)12-4-2-9(7-18)14(17)6-12/h1-6,19H,8H2. The fraction of sp³-hybridized carbons (Fsp3) is 0.0714. The van der Waals surface area contributed by atoms with Gasteiger partial charge in [0.15, 0.2) is 0 Å². The molecule has 8 heteroatoms. The molecule has 0 heterocycles. The Labute approximate surface area is 143 Å². The van der Waals surface area contributed by atoms with Gasteiger partial charge in [-0.3, -0.25) is 0 Å². The second-order valence-electron chi connectivity index (χ2n) is 4.31. The minimum absolute atomic E-state index is 0.00988. The highest BCUT2D eigenvalue weighted by molar-refractivity contribution is 7.89. The Morgan fingerprint density at radius 1 is 1.05 bits per heavy atom. The molecule has 0 saturated carbocycles. The third kappa shape index (κ3) is 3.92. The third-order valence-corrected chi connectivity index (χ3v) is 5.14. The Hall–Kier alpha value is -1.29. The number of halogens is 3. The average Bonchev–Trinajstić information content (AvgIpc) is 2.46. The predicted octanol–water partition coefficient (Wildman–Crippen LogP) is 4.00. The van der Waals surface area contributed by atoms with Crippen molar-refractivity contribution in [2.24, 2.45) is 0 Å². The first-order chi connectivity index (χ1) is 10.3. The summed E-state index contributed by atoms with van der Waals surface area (Å²) in [5.74, 6) is 0. The molecule has 0 aliphatic heterocycles. The van der Waals surface area contributed by atoms with Gasteiger partial charge in [-0.1, -0.05) is 40.9 Å². The highest BCUT2D eigenvalue weighted by Crippen LogP contribution is 2.23. The van der Waals surface area contributed by atoms with Crippen molar-refractivity contribution in [2.45, 2.75) is 11.4 Å². The van der Waals surface area contributed by atoms with Gasteiger partial charge in [0.1, 0.15) is 6.07 Å². The Morgan fingerprint density at radius 3 is 2.36 bits per heavy atom. The summed E-state index contributed by atoms with van der Waals surface area (Å²) < 4.78 is 26.8. The van der Waals surface area contributed by atoms with E-state index in [0.29, 0.717) is 15.6 Å². The largest absolute Gasteiger partial charge is 0.240 e. The van der Waals surface area contributed by atoms with Crippen molar-refractivity contribution >= 4 is 44.8 Å². The maximum Gasteiger partial charge on any atom is 0.240 e. The highest BCUT2D eigenvalue weighted by Gasteiger charge is 2.16. The fourth-order valence-corrected chi connectivity index (χ4v) is 3.47. The fourth-order valence-electron chi connectivity index (χ4n) is 1.67. The summed E-state index contributed by atoms with van der Waals surface area (Å²) in [4.78, 5) is -0.0263. The lowest BCUT2D eigenvalue weighted by molar-refractivity contribution is 0.581. The van der Waals surface area contributed by atoms with Gasteiger partial charge in [-0.25, -0.2) is 13.1 Å². The SMILES string of the molecule is N#Cc1ccc(S(=O)(=O)NCc2ccc(Cl)cc2Cl)cc1Cl. The molecule has 0 aliphatic carbocycles. The molecule has 0 spiro atoms. The second kappa shape index (κ2) is 6.86. The summed E-state index contributed by atoms with van der Waals surface area (Å²) in [7, 11) is -3.77. The number of nitriles is 1. The first kappa shape index (κ1) is 17.1. The van der Waals surface area contributed by atoms with Crippen molar-refractivity contribution in [2.75, 3.05) is 0 Å². The summed E-state index contributed by atoms with van der Waals surface area (Å²) in [5, 5.41) is 9.71. The van der Waals surface area contributed by atoms with E-state index in [1.54, 1.807) is 12.1 Å². The van der Waals surface area contributed by atoms with Crippen LogP contribution in [0.25, 0.3) is 0 Å². The molecule has 0 bridgehead atoms. The molecule has 0 amide bonds. The smallest absolute Gasteiger partial charge is 0.207 e. The number of nitrogens with zero attached hydrogens (tertiary/aromatic N) is 1. The second-order valence-corrected chi connectivity index (χ2v) is 7.33. The van der Waals surface area contributed by atoms with Crippen LogP contribution < -0.4 is 4.72 Å². The summed E-state index contributed by atoms with van der Waals surface area (Å²) in [6.45, 7) is 0.00988. The molecule has 0 unspecified atom stereocenters. The molecule has 2 rings (SSSR count). The minimum atomic E-state index is -3.77. The molecular weight excluding hydrogens is 367 g/mol. The maximum atomic E-state index is 12.2. The molecular formula is C14H9Cl3N2O2S. The van der Waals surface area contributed by atoms with Crippen molar-refractivity contribution in [3.05, 3.63) is 62.6 Å². The van der Waals surface area contributed by atoms with E-state index in [1.807, 2.05) is 6.07 Å². The maximum absolute atomic E-state index is 12.2. The number of hydrogen-bond donors (Lipinski definition) is 1. The number of benzene rings is 2. The Kier molecular flexibility index (Phi) is 5.32. The van der Waals surface area contributed by atoms with Gasteiger partial charge < -0.3 is 0 Å². The van der Waals surface area contributed by atoms with Crippen molar-refractivity contribution in [1.29, 1.82) is 5.26 Å². The molecule has 0 fully saturated rings. The van der Waals surface area contributed by atoms with Crippen LogP contribution in [-0.4, -0.2) is 8.42 Å². The number of hydrogen-bond acceptors (Lipinski definition) is 3. The number of sulfonamides is 1. The van der Waals surface area contributed by atoms with Crippen LogP contribution in [0.15, 0.2) is 41.3 Å². The lowest BCUT2D eigenvalue weighted by Gasteiger charge is -2.09. The van der Waals surface area contributed by atoms with Crippen LogP contribution in [-0.2, 0) is 16.6 Å². The first-order valence-electron chi connectivity index (χ1n) is 5.97. The molecule has 114 valence electrons. The average molecular weight is 376 g/mol. The van der Waals surface area contributed by atoms with Crippen LogP contribution >= 0.6 is 34.8 Å². The monoisotopic (exact) mass is 374 g/mol. The van der Waals surface area contributed by atoms with Crippen LogP contribution in [0.4, 0.5) is 0 Å². The van der Waals surface area contributed by atoms with Crippen LogP contribution in [0.5, 0.6) is 0 Å². The Morgan fingerprint density at radius 2 is 1.77 bits per heavy atom. The molecule has 4 nitrogen and oxygen atoms in total. The molecule has 0 aromatic heterocycles. The van der Waals surface area contributed by atoms with Gasteiger partial charge in [0.25, 0.3) is 0 Å². The topological polar surface area (TPSA) is 70.0 Å². The zero-order chi connectivity index (χ0) is 16.3. The van der Waals surface area contributed by atoms with E-state index in [9.17, 15) is 8.42 Å². The first-order valence-corrected chi connectivity index (χ1v) is 8.58. The van der Waals surface area contributed by atoms with Crippen LogP contribution in [0.3, 0.4) is 0 Å². The van der Waals surface area contributed by atoms with E-state index in [0.717, 1.165) is 0 Å². The predicted molar refractivity (Wildman–Crippen MR) is 86.7 cm³/mol. The Balaban J connectivity index is 2.21. The van der Waals surface area contributed by atoms with Gasteiger partial charge >= 0.3 is 0 Å². The molecule has 0 radical (unpaired) electrons. The van der Waals surface area contributed by atoms with E-state index in [-0.39, 0.29) is 22.0 Å². The van der Waals surface area contributed by atoms with E-state index in [2.05, 4.69) is 4.72 Å². The summed E-state index contributed by atoms with van der Waals surface area (Å²) >= 11 is 17.6. The quantitative estimate of drug-likeness (QED) is 0.878. The molecule has 1 N–H and O–H groups in total. The highest BCUT2D eigenvalue weighted by atomic mass is 35.5. The number of nitrogens with one attached hydrogen (secondary N) is 1. The molecule has 2 aromatic carbocycles. The van der Waals surface area contributed by atoms with E-state index >= 15 is 0 Å². The summed E-state index contributed by atoms with van der Waals surface area (Å²) in [6, 6.07) is 10.6. The summed E-state index contributed by atoms with van der Waals surface area (Å²) in [6.07, 6.45) is 0. The van der Waals surface area contributed by atoms with Crippen LogP contribution in [0.1, 0.15) is 11.1 Å².